The second kappa shape index (κ2) is 2.60. The summed E-state index contributed by atoms with van der Waals surface area (Å²) in [5.41, 5.74) is 6.10. The molecule has 12 heavy (non-hydrogen) atoms. The molecule has 0 radical (unpaired) electrons. The van der Waals surface area contributed by atoms with E-state index in [1.165, 1.54) is 17.4 Å². The van der Waals surface area contributed by atoms with Gasteiger partial charge in [-0.05, 0) is 12.1 Å². The van der Waals surface area contributed by atoms with Gasteiger partial charge in [0, 0.05) is 4.53 Å². The molecule has 0 aliphatic heterocycles. The lowest BCUT2D eigenvalue weighted by Gasteiger charge is -1.92. The monoisotopic (exact) mass is 184 g/mol. The summed E-state index contributed by atoms with van der Waals surface area (Å²) in [4.78, 5) is 7.63. The SMILES string of the molecule is Nc1nc2cccc(OF)c2s1. The Morgan fingerprint density at radius 1 is 1.50 bits per heavy atom. The Morgan fingerprint density at radius 2 is 2.33 bits per heavy atom. The van der Waals surface area contributed by atoms with Gasteiger partial charge in [-0.15, -0.1) is 0 Å². The molecule has 0 aliphatic rings. The van der Waals surface area contributed by atoms with Crippen molar-refractivity contribution in [2.24, 2.45) is 0 Å². The van der Waals surface area contributed by atoms with E-state index in [9.17, 15) is 4.53 Å². The summed E-state index contributed by atoms with van der Waals surface area (Å²) in [6, 6.07) is 4.95. The first-order valence-corrected chi connectivity index (χ1v) is 4.06. The first kappa shape index (κ1) is 7.30. The van der Waals surface area contributed by atoms with E-state index in [2.05, 4.69) is 9.93 Å². The third-order valence-electron chi connectivity index (χ3n) is 1.48. The standard InChI is InChI=1S/C7H5FN2OS/c8-11-5-3-1-2-4-6(5)12-7(9)10-4/h1-3H,(H2,9,10). The number of nitrogens with two attached hydrogens (primary N) is 1. The number of benzene rings is 1. The van der Waals surface area contributed by atoms with E-state index in [1.807, 2.05) is 0 Å². The second-order valence-corrected chi connectivity index (χ2v) is 3.26. The van der Waals surface area contributed by atoms with Gasteiger partial charge in [0.2, 0.25) is 0 Å². The van der Waals surface area contributed by atoms with Crippen LogP contribution < -0.4 is 10.7 Å². The fraction of sp³-hybridized carbons (Fsp3) is 0. The van der Waals surface area contributed by atoms with Crippen LogP contribution in [0, 0.1) is 0 Å². The van der Waals surface area contributed by atoms with Crippen LogP contribution in [0.15, 0.2) is 18.2 Å². The molecular formula is C7H5FN2OS. The minimum Gasteiger partial charge on any atom is -0.375 e. The summed E-state index contributed by atoms with van der Waals surface area (Å²) < 4.78 is 12.5. The van der Waals surface area contributed by atoms with Gasteiger partial charge in [0.15, 0.2) is 10.9 Å². The summed E-state index contributed by atoms with van der Waals surface area (Å²) in [7, 11) is 0. The average Bonchev–Trinajstić information content (AvgIpc) is 2.44. The molecule has 0 aliphatic carbocycles. The molecule has 1 heterocycles. The van der Waals surface area contributed by atoms with Gasteiger partial charge >= 0.3 is 0 Å². The zero-order valence-electron chi connectivity index (χ0n) is 5.95. The molecular weight excluding hydrogens is 179 g/mol. The maximum absolute atomic E-state index is 11.9. The molecule has 0 spiro atoms. The summed E-state index contributed by atoms with van der Waals surface area (Å²) in [5, 5.41) is 0.412. The zero-order chi connectivity index (χ0) is 8.55. The first-order valence-electron chi connectivity index (χ1n) is 3.25. The average molecular weight is 184 g/mol. The Balaban J connectivity index is 2.78. The lowest BCUT2D eigenvalue weighted by atomic mass is 10.3. The first-order chi connectivity index (χ1) is 5.81. The molecule has 0 amide bonds. The van der Waals surface area contributed by atoms with E-state index in [-0.39, 0.29) is 5.75 Å². The van der Waals surface area contributed by atoms with Crippen LogP contribution in [0.1, 0.15) is 0 Å². The third kappa shape index (κ3) is 0.984. The topological polar surface area (TPSA) is 48.1 Å². The van der Waals surface area contributed by atoms with Gasteiger partial charge in [0.25, 0.3) is 0 Å². The summed E-state index contributed by atoms with van der Waals surface area (Å²) in [5.74, 6) is 0.168. The van der Waals surface area contributed by atoms with E-state index in [0.29, 0.717) is 15.3 Å². The molecule has 5 heteroatoms. The highest BCUT2D eigenvalue weighted by atomic mass is 32.1. The van der Waals surface area contributed by atoms with E-state index >= 15 is 0 Å². The fourth-order valence-electron chi connectivity index (χ4n) is 1.00. The van der Waals surface area contributed by atoms with Crippen molar-refractivity contribution in [3.8, 4) is 5.75 Å². The van der Waals surface area contributed by atoms with Crippen LogP contribution in [0.4, 0.5) is 9.66 Å². The Morgan fingerprint density at radius 3 is 3.08 bits per heavy atom. The molecule has 1 aromatic heterocycles. The highest BCUT2D eigenvalue weighted by Crippen LogP contribution is 2.32. The van der Waals surface area contributed by atoms with Crippen molar-refractivity contribution in [3.63, 3.8) is 0 Å². The molecule has 0 saturated heterocycles. The number of rotatable bonds is 1. The van der Waals surface area contributed by atoms with Crippen molar-refractivity contribution in [2.75, 3.05) is 5.73 Å². The fourth-order valence-corrected chi connectivity index (χ4v) is 1.77. The Bertz CT molecular complexity index is 415. The molecule has 0 atom stereocenters. The maximum atomic E-state index is 11.9. The van der Waals surface area contributed by atoms with Gasteiger partial charge in [-0.25, -0.2) is 4.98 Å². The number of aromatic nitrogens is 1. The van der Waals surface area contributed by atoms with E-state index in [0.717, 1.165) is 0 Å². The predicted octanol–water partition coefficient (Wildman–Crippen LogP) is 2.14. The van der Waals surface area contributed by atoms with Gasteiger partial charge in [-0.1, -0.05) is 17.4 Å². The minimum absolute atomic E-state index is 0.168. The van der Waals surface area contributed by atoms with Crippen molar-refractivity contribution in [2.45, 2.75) is 0 Å². The molecule has 0 unspecified atom stereocenters. The zero-order valence-corrected chi connectivity index (χ0v) is 6.77. The highest BCUT2D eigenvalue weighted by molar-refractivity contribution is 7.22. The molecule has 62 valence electrons. The van der Waals surface area contributed by atoms with Crippen molar-refractivity contribution >= 4 is 26.7 Å². The molecule has 2 rings (SSSR count). The quantitative estimate of drug-likeness (QED) is 0.738. The molecule has 3 nitrogen and oxygen atoms in total. The largest absolute Gasteiger partial charge is 0.375 e. The number of nitrogen functional groups attached to an aromatic ring is 1. The summed E-state index contributed by atoms with van der Waals surface area (Å²) in [6.45, 7) is 0. The van der Waals surface area contributed by atoms with Gasteiger partial charge in [0.1, 0.15) is 4.70 Å². The van der Waals surface area contributed by atoms with Crippen LogP contribution in [0.5, 0.6) is 5.75 Å². The van der Waals surface area contributed by atoms with Crippen LogP contribution in [0.25, 0.3) is 10.2 Å². The maximum Gasteiger partial charge on any atom is 0.191 e. The minimum atomic E-state index is 0.168. The molecule has 0 fully saturated rings. The summed E-state index contributed by atoms with van der Waals surface area (Å²) >= 11 is 1.20. The van der Waals surface area contributed by atoms with Crippen LogP contribution in [0.3, 0.4) is 0 Å². The Hall–Kier alpha value is -1.36. The molecule has 0 saturated carbocycles. The smallest absolute Gasteiger partial charge is 0.191 e. The number of anilines is 1. The van der Waals surface area contributed by atoms with E-state index in [1.54, 1.807) is 12.1 Å². The normalized spacial score (nSPS) is 10.4. The molecule has 0 bridgehead atoms. The highest BCUT2D eigenvalue weighted by Gasteiger charge is 2.06. The van der Waals surface area contributed by atoms with Gasteiger partial charge < -0.3 is 5.73 Å². The number of nitrogens with zero attached hydrogens (tertiary/aromatic N) is 1. The lowest BCUT2D eigenvalue weighted by Crippen LogP contribution is -1.79. The molecule has 1 aromatic carbocycles. The lowest BCUT2D eigenvalue weighted by molar-refractivity contribution is -0.00403. The summed E-state index contributed by atoms with van der Waals surface area (Å²) in [6.07, 6.45) is 0. The van der Waals surface area contributed by atoms with Crippen molar-refractivity contribution in [1.29, 1.82) is 0 Å². The van der Waals surface area contributed by atoms with Crippen LogP contribution >= 0.6 is 11.3 Å². The van der Waals surface area contributed by atoms with E-state index in [4.69, 9.17) is 5.73 Å². The number of fused-ring (bicyclic) bond motifs is 1. The molecule has 2 aromatic rings. The van der Waals surface area contributed by atoms with Gasteiger partial charge in [0.05, 0.1) is 5.52 Å². The third-order valence-corrected chi connectivity index (χ3v) is 2.39. The number of thiazole rings is 1. The second-order valence-electron chi connectivity index (χ2n) is 2.23. The Labute approximate surface area is 71.5 Å². The van der Waals surface area contributed by atoms with Crippen molar-refractivity contribution < 1.29 is 9.47 Å². The van der Waals surface area contributed by atoms with Crippen LogP contribution in [-0.4, -0.2) is 4.98 Å². The van der Waals surface area contributed by atoms with Crippen LogP contribution in [0.2, 0.25) is 0 Å². The molecule has 2 N–H and O–H groups in total. The number of halogens is 1. The predicted molar refractivity (Wildman–Crippen MR) is 45.8 cm³/mol. The Kier molecular flexibility index (Phi) is 1.58. The van der Waals surface area contributed by atoms with Gasteiger partial charge in [-0.3, -0.25) is 4.94 Å². The number of hydrogen-bond donors (Lipinski definition) is 1. The van der Waals surface area contributed by atoms with Crippen molar-refractivity contribution in [3.05, 3.63) is 18.2 Å². The van der Waals surface area contributed by atoms with Gasteiger partial charge in [-0.2, -0.15) is 0 Å². The van der Waals surface area contributed by atoms with E-state index < -0.39 is 0 Å². The number of hydrogen-bond acceptors (Lipinski definition) is 4. The van der Waals surface area contributed by atoms with Crippen molar-refractivity contribution in [1.82, 2.24) is 4.98 Å². The van der Waals surface area contributed by atoms with Crippen LogP contribution in [-0.2, 0) is 0 Å².